The maximum atomic E-state index is 11.7. The van der Waals surface area contributed by atoms with Crippen LogP contribution in [0.1, 0.15) is 33.6 Å². The van der Waals surface area contributed by atoms with E-state index in [9.17, 15) is 4.79 Å². The summed E-state index contributed by atoms with van der Waals surface area (Å²) in [6.45, 7) is 7.79. The predicted molar refractivity (Wildman–Crippen MR) is 58.1 cm³/mol. The molecule has 0 spiro atoms. The van der Waals surface area contributed by atoms with E-state index in [1.807, 2.05) is 20.8 Å². The number of hydrogen-bond donors (Lipinski definition) is 2. The average Bonchev–Trinajstić information content (AvgIpc) is 2.18. The van der Waals surface area contributed by atoms with E-state index in [4.69, 9.17) is 0 Å². The molecule has 0 unspecified atom stereocenters. The molecule has 2 N–H and O–H groups in total. The zero-order valence-electron chi connectivity index (χ0n) is 9.31. The first-order valence-corrected chi connectivity index (χ1v) is 5.27. The molecule has 1 saturated heterocycles. The molecule has 1 rings (SSSR count). The van der Waals surface area contributed by atoms with Crippen LogP contribution in [0.25, 0.3) is 0 Å². The largest absolute Gasteiger partial charge is 0.348 e. The molecule has 14 heavy (non-hydrogen) atoms. The predicted octanol–water partition coefficient (Wildman–Crippen LogP) is 1.21. The highest BCUT2D eigenvalue weighted by Crippen LogP contribution is 2.05. The minimum absolute atomic E-state index is 0.0821. The van der Waals surface area contributed by atoms with Crippen molar-refractivity contribution in [1.29, 1.82) is 0 Å². The van der Waals surface area contributed by atoms with Crippen LogP contribution < -0.4 is 10.6 Å². The summed E-state index contributed by atoms with van der Waals surface area (Å²) in [7, 11) is 0. The molecule has 0 aliphatic carbocycles. The van der Waals surface area contributed by atoms with Crippen LogP contribution in [-0.2, 0) is 4.79 Å². The van der Waals surface area contributed by atoms with Gasteiger partial charge in [-0.25, -0.2) is 0 Å². The van der Waals surface area contributed by atoms with Crippen molar-refractivity contribution in [2.75, 3.05) is 13.1 Å². The van der Waals surface area contributed by atoms with Gasteiger partial charge in [0.1, 0.15) is 0 Å². The van der Waals surface area contributed by atoms with Gasteiger partial charge in [-0.15, -0.1) is 0 Å². The summed E-state index contributed by atoms with van der Waals surface area (Å²) in [5.41, 5.74) is 1.93. The molecular formula is C11H20N2O. The molecule has 1 amide bonds. The lowest BCUT2D eigenvalue weighted by atomic mass is 10.1. The standard InChI is InChI=1S/C11H20N2O/c1-8(2)9(3)11(14)13-10-5-4-6-12-7-10/h10,12H,4-7H2,1-3H3,(H,13,14)/t10-/m1/s1. The molecule has 1 aliphatic rings. The Morgan fingerprint density at radius 1 is 1.36 bits per heavy atom. The lowest BCUT2D eigenvalue weighted by Crippen LogP contribution is -2.45. The molecule has 0 aromatic heterocycles. The Kier molecular flexibility index (Phi) is 4.14. The number of amides is 1. The maximum Gasteiger partial charge on any atom is 0.247 e. The van der Waals surface area contributed by atoms with E-state index in [-0.39, 0.29) is 5.91 Å². The van der Waals surface area contributed by atoms with Crippen molar-refractivity contribution in [2.24, 2.45) is 0 Å². The van der Waals surface area contributed by atoms with Gasteiger partial charge in [0, 0.05) is 18.2 Å². The molecule has 3 nitrogen and oxygen atoms in total. The Bertz CT molecular complexity index is 236. The third-order valence-electron chi connectivity index (χ3n) is 2.72. The van der Waals surface area contributed by atoms with Gasteiger partial charge in [0.25, 0.3) is 0 Å². The molecule has 0 aromatic carbocycles. The second-order valence-corrected chi connectivity index (χ2v) is 4.14. The molecule has 0 radical (unpaired) electrons. The van der Waals surface area contributed by atoms with E-state index in [0.29, 0.717) is 6.04 Å². The van der Waals surface area contributed by atoms with Crippen LogP contribution >= 0.6 is 0 Å². The first-order chi connectivity index (χ1) is 6.61. The molecule has 1 aliphatic heterocycles. The van der Waals surface area contributed by atoms with E-state index in [1.54, 1.807) is 0 Å². The molecule has 0 saturated carbocycles. The third-order valence-corrected chi connectivity index (χ3v) is 2.72. The summed E-state index contributed by atoms with van der Waals surface area (Å²) in [6.07, 6.45) is 2.24. The van der Waals surface area contributed by atoms with Gasteiger partial charge in [-0.2, -0.15) is 0 Å². The van der Waals surface area contributed by atoms with Gasteiger partial charge in [0.05, 0.1) is 0 Å². The summed E-state index contributed by atoms with van der Waals surface area (Å²) in [5.74, 6) is 0.0821. The van der Waals surface area contributed by atoms with Crippen molar-refractivity contribution in [3.05, 3.63) is 11.1 Å². The van der Waals surface area contributed by atoms with Crippen LogP contribution in [0.5, 0.6) is 0 Å². The lowest BCUT2D eigenvalue weighted by molar-refractivity contribution is -0.118. The maximum absolute atomic E-state index is 11.7. The van der Waals surface area contributed by atoms with Gasteiger partial charge in [0.15, 0.2) is 0 Å². The smallest absolute Gasteiger partial charge is 0.247 e. The van der Waals surface area contributed by atoms with Gasteiger partial charge in [0.2, 0.25) is 5.91 Å². The van der Waals surface area contributed by atoms with E-state index in [1.165, 1.54) is 0 Å². The summed E-state index contributed by atoms with van der Waals surface area (Å²) >= 11 is 0. The first kappa shape index (κ1) is 11.2. The van der Waals surface area contributed by atoms with Crippen molar-refractivity contribution in [3.8, 4) is 0 Å². The van der Waals surface area contributed by atoms with Crippen molar-refractivity contribution in [2.45, 2.75) is 39.7 Å². The Morgan fingerprint density at radius 3 is 2.57 bits per heavy atom. The fraction of sp³-hybridized carbons (Fsp3) is 0.727. The van der Waals surface area contributed by atoms with Gasteiger partial charge in [-0.1, -0.05) is 5.57 Å². The van der Waals surface area contributed by atoms with Crippen molar-refractivity contribution < 1.29 is 4.79 Å². The number of piperidine rings is 1. The second kappa shape index (κ2) is 5.15. The summed E-state index contributed by atoms with van der Waals surface area (Å²) < 4.78 is 0. The minimum atomic E-state index is 0.0821. The van der Waals surface area contributed by atoms with Crippen molar-refractivity contribution in [3.63, 3.8) is 0 Å². The fourth-order valence-electron chi connectivity index (χ4n) is 1.50. The Morgan fingerprint density at radius 2 is 2.07 bits per heavy atom. The number of hydrogen-bond acceptors (Lipinski definition) is 2. The lowest BCUT2D eigenvalue weighted by Gasteiger charge is -2.24. The minimum Gasteiger partial charge on any atom is -0.348 e. The van der Waals surface area contributed by atoms with Crippen molar-refractivity contribution in [1.82, 2.24) is 10.6 Å². The van der Waals surface area contributed by atoms with E-state index in [0.717, 1.165) is 37.1 Å². The topological polar surface area (TPSA) is 41.1 Å². The second-order valence-electron chi connectivity index (χ2n) is 4.14. The Hall–Kier alpha value is -0.830. The van der Waals surface area contributed by atoms with Crippen molar-refractivity contribution >= 4 is 5.91 Å². The molecule has 80 valence electrons. The monoisotopic (exact) mass is 196 g/mol. The number of rotatable bonds is 2. The highest BCUT2D eigenvalue weighted by atomic mass is 16.1. The number of carbonyl (C=O) groups excluding carboxylic acids is 1. The Balaban J connectivity index is 2.43. The van der Waals surface area contributed by atoms with E-state index in [2.05, 4.69) is 10.6 Å². The van der Waals surface area contributed by atoms with Crippen LogP contribution in [0.3, 0.4) is 0 Å². The number of allylic oxidation sites excluding steroid dienone is 1. The van der Waals surface area contributed by atoms with Crippen LogP contribution in [0.2, 0.25) is 0 Å². The summed E-state index contributed by atoms with van der Waals surface area (Å²) in [4.78, 5) is 11.7. The Labute approximate surface area is 86.0 Å². The summed E-state index contributed by atoms with van der Waals surface area (Å²) in [5, 5.41) is 6.32. The highest BCUT2D eigenvalue weighted by molar-refractivity contribution is 5.93. The normalized spacial score (nSPS) is 21.5. The zero-order chi connectivity index (χ0) is 10.6. The fourth-order valence-corrected chi connectivity index (χ4v) is 1.50. The molecule has 3 heteroatoms. The first-order valence-electron chi connectivity index (χ1n) is 5.27. The number of carbonyl (C=O) groups is 1. The van der Waals surface area contributed by atoms with Gasteiger partial charge >= 0.3 is 0 Å². The molecule has 1 fully saturated rings. The average molecular weight is 196 g/mol. The SMILES string of the molecule is CC(C)=C(C)C(=O)N[C@@H]1CCCNC1. The highest BCUT2D eigenvalue weighted by Gasteiger charge is 2.16. The van der Waals surface area contributed by atoms with Gasteiger partial charge in [-0.05, 0) is 40.2 Å². The molecule has 1 heterocycles. The van der Waals surface area contributed by atoms with E-state index < -0.39 is 0 Å². The third kappa shape index (κ3) is 3.14. The van der Waals surface area contributed by atoms with Gasteiger partial charge < -0.3 is 10.6 Å². The van der Waals surface area contributed by atoms with Crippen LogP contribution in [0.15, 0.2) is 11.1 Å². The molecule has 0 aromatic rings. The number of nitrogens with one attached hydrogen (secondary N) is 2. The van der Waals surface area contributed by atoms with Crippen LogP contribution in [0.4, 0.5) is 0 Å². The quantitative estimate of drug-likeness (QED) is 0.652. The summed E-state index contributed by atoms with van der Waals surface area (Å²) in [6, 6.07) is 0.311. The van der Waals surface area contributed by atoms with Crippen LogP contribution in [0, 0.1) is 0 Å². The van der Waals surface area contributed by atoms with Crippen LogP contribution in [-0.4, -0.2) is 25.0 Å². The molecule has 1 atom stereocenters. The molecule has 0 bridgehead atoms. The van der Waals surface area contributed by atoms with Gasteiger partial charge in [-0.3, -0.25) is 4.79 Å². The van der Waals surface area contributed by atoms with E-state index >= 15 is 0 Å². The zero-order valence-corrected chi connectivity index (χ0v) is 9.31. The molecular weight excluding hydrogens is 176 g/mol.